The molecule has 3 aromatic rings. The Hall–Kier alpha value is -3.70. The van der Waals surface area contributed by atoms with E-state index in [1.165, 1.54) is 6.07 Å². The summed E-state index contributed by atoms with van der Waals surface area (Å²) in [4.78, 5) is 19.5. The molecule has 198 valence electrons. The van der Waals surface area contributed by atoms with Crippen LogP contribution in [-0.4, -0.2) is 47.8 Å². The minimum atomic E-state index is -0.439. The lowest BCUT2D eigenvalue weighted by molar-refractivity contribution is -0.163. The number of aliphatic hydroxyl groups is 1. The molecule has 1 aromatic heterocycles. The van der Waals surface area contributed by atoms with Crippen molar-refractivity contribution < 1.29 is 19.0 Å². The van der Waals surface area contributed by atoms with Gasteiger partial charge < -0.3 is 20.1 Å². The summed E-state index contributed by atoms with van der Waals surface area (Å²) in [7, 11) is 0. The van der Waals surface area contributed by atoms with E-state index in [0.717, 1.165) is 11.8 Å². The average molecular weight is 517 g/mol. The molecule has 1 aliphatic heterocycles. The number of rotatable bonds is 6. The van der Waals surface area contributed by atoms with E-state index in [0.29, 0.717) is 35.6 Å². The van der Waals surface area contributed by atoms with Gasteiger partial charge in [-0.1, -0.05) is 27.7 Å². The number of nitriles is 1. The molecule has 38 heavy (non-hydrogen) atoms. The molecular weight excluding hydrogens is 483 g/mol. The first-order valence-electron chi connectivity index (χ1n) is 13.0. The van der Waals surface area contributed by atoms with Crippen molar-refractivity contribution in [3.63, 3.8) is 0 Å². The quantitative estimate of drug-likeness (QED) is 0.494. The normalized spacial score (nSPS) is 23.5. The zero-order valence-corrected chi connectivity index (χ0v) is 22.2. The topological polar surface area (TPSA) is 98.5 Å². The van der Waals surface area contributed by atoms with E-state index in [-0.39, 0.29) is 36.1 Å². The number of halogens is 1. The molecule has 2 aromatic carbocycles. The highest BCUT2D eigenvalue weighted by Gasteiger charge is 2.64. The maximum Gasteiger partial charge on any atom is 0.251 e. The van der Waals surface area contributed by atoms with Gasteiger partial charge in [0.15, 0.2) is 0 Å². The summed E-state index contributed by atoms with van der Waals surface area (Å²) in [5.41, 5.74) is 0.966. The second kappa shape index (κ2) is 9.55. The van der Waals surface area contributed by atoms with Gasteiger partial charge in [0.25, 0.3) is 5.91 Å². The lowest BCUT2D eigenvalue weighted by atomic mass is 9.49. The van der Waals surface area contributed by atoms with Gasteiger partial charge in [0.2, 0.25) is 0 Å². The molecule has 1 aliphatic carbocycles. The molecule has 0 bridgehead atoms. The third-order valence-corrected chi connectivity index (χ3v) is 8.30. The molecule has 8 heteroatoms. The summed E-state index contributed by atoms with van der Waals surface area (Å²) in [6, 6.07) is 13.8. The Balaban J connectivity index is 1.32. The molecule has 1 atom stereocenters. The number of benzene rings is 2. The third kappa shape index (κ3) is 4.25. The Labute approximate surface area is 222 Å². The van der Waals surface area contributed by atoms with E-state index in [2.05, 4.69) is 16.4 Å². The number of amides is 1. The lowest BCUT2D eigenvalue weighted by Crippen LogP contribution is -2.74. The molecule has 1 amide bonds. The number of fused-ring (bicyclic) bond motifs is 1. The van der Waals surface area contributed by atoms with Crippen LogP contribution in [0.3, 0.4) is 0 Å². The number of carbonyl (C=O) groups excluding carboxylic acids is 1. The molecule has 1 saturated heterocycles. The lowest BCUT2D eigenvalue weighted by Gasteiger charge is -2.63. The summed E-state index contributed by atoms with van der Waals surface area (Å²) in [6.45, 7) is 9.58. The summed E-state index contributed by atoms with van der Waals surface area (Å²) < 4.78 is 21.5. The predicted octanol–water partition coefficient (Wildman–Crippen LogP) is 4.68. The number of anilines is 1. The van der Waals surface area contributed by atoms with E-state index >= 15 is 0 Å². The molecule has 5 rings (SSSR count). The van der Waals surface area contributed by atoms with Gasteiger partial charge in [0, 0.05) is 59.6 Å². The smallest absolute Gasteiger partial charge is 0.251 e. The number of pyridine rings is 1. The standard InChI is InChI=1S/C30H33FN4O3/c1-29(2)27(34-26(37)19-7-9-23(22(31)14-19)35-13-11-18(16-35)17-36)30(3,4)28(29)38-24-10-8-20(15-32)25-21(24)6-5-12-33-25/h5-10,12,14,18,27-28,36H,11,13,16-17H2,1-4H3,(H,34,37)/t18-,27?,28?/m0/s1. The van der Waals surface area contributed by atoms with Crippen molar-refractivity contribution in [3.05, 3.63) is 65.6 Å². The predicted molar refractivity (Wildman–Crippen MR) is 143 cm³/mol. The van der Waals surface area contributed by atoms with Crippen molar-refractivity contribution >= 4 is 22.5 Å². The fraction of sp³-hybridized carbons (Fsp3) is 0.433. The van der Waals surface area contributed by atoms with Crippen molar-refractivity contribution in [3.8, 4) is 11.8 Å². The number of hydrogen-bond acceptors (Lipinski definition) is 6. The number of hydrogen-bond donors (Lipinski definition) is 2. The van der Waals surface area contributed by atoms with Crippen LogP contribution < -0.4 is 15.0 Å². The molecule has 7 nitrogen and oxygen atoms in total. The third-order valence-electron chi connectivity index (χ3n) is 8.30. The van der Waals surface area contributed by atoms with Crippen LogP contribution in [-0.2, 0) is 0 Å². The van der Waals surface area contributed by atoms with E-state index in [9.17, 15) is 19.6 Å². The molecule has 2 fully saturated rings. The fourth-order valence-electron chi connectivity index (χ4n) is 6.59. The maximum absolute atomic E-state index is 15.0. The van der Waals surface area contributed by atoms with Crippen molar-refractivity contribution in [2.24, 2.45) is 16.7 Å². The van der Waals surface area contributed by atoms with E-state index in [1.807, 2.05) is 44.7 Å². The van der Waals surface area contributed by atoms with E-state index < -0.39 is 16.6 Å². The molecular formula is C30H33FN4O3. The van der Waals surface area contributed by atoms with Crippen LogP contribution in [0.15, 0.2) is 48.7 Å². The Morgan fingerprint density at radius 1 is 1.24 bits per heavy atom. The first kappa shape index (κ1) is 25.9. The Kier molecular flexibility index (Phi) is 6.52. The summed E-state index contributed by atoms with van der Waals surface area (Å²) in [6.07, 6.45) is 2.25. The Morgan fingerprint density at radius 2 is 2.00 bits per heavy atom. The van der Waals surface area contributed by atoms with Crippen molar-refractivity contribution in [1.29, 1.82) is 5.26 Å². The Morgan fingerprint density at radius 3 is 2.66 bits per heavy atom. The van der Waals surface area contributed by atoms with E-state index in [4.69, 9.17) is 4.74 Å². The van der Waals surface area contributed by atoms with Crippen molar-refractivity contribution in [2.75, 3.05) is 24.6 Å². The second-order valence-corrected chi connectivity index (χ2v) is 11.6. The average Bonchev–Trinajstić information content (AvgIpc) is 3.38. The van der Waals surface area contributed by atoms with Crippen LogP contribution in [0.2, 0.25) is 0 Å². The molecule has 0 radical (unpaired) electrons. The molecule has 2 N–H and O–H groups in total. The Bertz CT molecular complexity index is 1410. The monoisotopic (exact) mass is 516 g/mol. The fourth-order valence-corrected chi connectivity index (χ4v) is 6.59. The highest BCUT2D eigenvalue weighted by Crippen LogP contribution is 2.56. The van der Waals surface area contributed by atoms with Gasteiger partial charge in [-0.2, -0.15) is 5.26 Å². The zero-order valence-electron chi connectivity index (χ0n) is 22.2. The minimum Gasteiger partial charge on any atom is -0.488 e. The number of nitrogens with one attached hydrogen (secondary N) is 1. The molecule has 2 aliphatic rings. The molecule has 1 saturated carbocycles. The van der Waals surface area contributed by atoms with Crippen LogP contribution in [0.1, 0.15) is 50.0 Å². The van der Waals surface area contributed by atoms with Crippen molar-refractivity contribution in [1.82, 2.24) is 10.3 Å². The van der Waals surface area contributed by atoms with Crippen LogP contribution in [0, 0.1) is 33.9 Å². The number of ether oxygens (including phenoxy) is 1. The van der Waals surface area contributed by atoms with Crippen LogP contribution in [0.25, 0.3) is 10.9 Å². The first-order chi connectivity index (χ1) is 18.1. The summed E-state index contributed by atoms with van der Waals surface area (Å²) in [5.74, 6) is 0.0220. The summed E-state index contributed by atoms with van der Waals surface area (Å²) >= 11 is 0. The molecule has 2 heterocycles. The van der Waals surface area contributed by atoms with Gasteiger partial charge in [0.1, 0.15) is 23.7 Å². The van der Waals surface area contributed by atoms with Gasteiger partial charge in [0.05, 0.1) is 16.8 Å². The van der Waals surface area contributed by atoms with Gasteiger partial charge >= 0.3 is 0 Å². The number of aliphatic hydroxyl groups excluding tert-OH is 1. The van der Waals surface area contributed by atoms with Crippen molar-refractivity contribution in [2.45, 2.75) is 46.3 Å². The SMILES string of the molecule is CC1(C)C(NC(=O)c2ccc(N3CC[C@H](CO)C3)c(F)c2)C(C)(C)C1Oc1ccc(C#N)c2ncccc12. The number of nitrogens with zero attached hydrogens (tertiary/aromatic N) is 3. The first-order valence-corrected chi connectivity index (χ1v) is 13.0. The van der Waals surface area contributed by atoms with E-state index in [1.54, 1.807) is 30.5 Å². The summed E-state index contributed by atoms with van der Waals surface area (Å²) in [5, 5.41) is 22.7. The van der Waals surface area contributed by atoms with Crippen LogP contribution >= 0.6 is 0 Å². The highest BCUT2D eigenvalue weighted by atomic mass is 19.1. The molecule has 0 unspecified atom stereocenters. The van der Waals surface area contributed by atoms with Gasteiger partial charge in [-0.05, 0) is 48.9 Å². The largest absolute Gasteiger partial charge is 0.488 e. The van der Waals surface area contributed by atoms with Gasteiger partial charge in [-0.3, -0.25) is 9.78 Å². The van der Waals surface area contributed by atoms with Gasteiger partial charge in [-0.15, -0.1) is 0 Å². The molecule has 0 spiro atoms. The zero-order chi connectivity index (χ0) is 27.2. The minimum absolute atomic E-state index is 0.0918. The maximum atomic E-state index is 15.0. The van der Waals surface area contributed by atoms with Crippen LogP contribution in [0.5, 0.6) is 5.75 Å². The number of aromatic nitrogens is 1. The van der Waals surface area contributed by atoms with Gasteiger partial charge in [-0.25, -0.2) is 4.39 Å². The van der Waals surface area contributed by atoms with Crippen LogP contribution in [0.4, 0.5) is 10.1 Å². The highest BCUT2D eigenvalue weighted by molar-refractivity contribution is 5.95. The number of carbonyl (C=O) groups is 1. The second-order valence-electron chi connectivity index (χ2n) is 11.6.